The Balaban J connectivity index is 1.50. The van der Waals surface area contributed by atoms with E-state index in [0.717, 1.165) is 30.2 Å². The van der Waals surface area contributed by atoms with Gasteiger partial charge in [0.1, 0.15) is 23.0 Å². The third-order valence-electron chi connectivity index (χ3n) is 6.63. The molecule has 0 aliphatic carbocycles. The molecule has 2 aliphatic heterocycles. The topological polar surface area (TPSA) is 79.8 Å². The first kappa shape index (κ1) is 24.6. The first-order valence-electron chi connectivity index (χ1n) is 11.8. The van der Waals surface area contributed by atoms with Gasteiger partial charge >= 0.3 is 0 Å². The van der Waals surface area contributed by atoms with Crippen LogP contribution in [0.5, 0.6) is 5.75 Å². The number of hydrogen-bond acceptors (Lipinski definition) is 5. The van der Waals surface area contributed by atoms with Crippen molar-refractivity contribution < 1.29 is 28.2 Å². The number of hydrogen-bond donors (Lipinski definition) is 3. The standard InChI is InChI=1S/C26H32F2N2O4/c1-3-17-4-5-25-21(10-17)23(13-26(34-25)6-7-33-15-26)29-14-24(32)22(30-16(2)31)11-18-8-19(27)12-20(28)9-18/h4-5,8-10,12,22-24,29,32H,3,6-7,11,13-15H2,1-2H3,(H,30,31)/t22-,23-,24+,26+/m0/s1. The SMILES string of the molecule is CCc1ccc2c(c1)[C@@H](NC[C@@H](O)[C@H](Cc1cc(F)cc(F)c1)NC(C)=O)C[C@@]1(CCOC1)O2. The highest BCUT2D eigenvalue weighted by Crippen LogP contribution is 2.43. The van der Waals surface area contributed by atoms with Gasteiger partial charge in [0.05, 0.1) is 25.4 Å². The van der Waals surface area contributed by atoms with E-state index in [0.29, 0.717) is 25.2 Å². The molecule has 4 rings (SSSR count). The first-order chi connectivity index (χ1) is 16.3. The van der Waals surface area contributed by atoms with Gasteiger partial charge in [-0.2, -0.15) is 0 Å². The zero-order valence-electron chi connectivity index (χ0n) is 19.6. The summed E-state index contributed by atoms with van der Waals surface area (Å²) >= 11 is 0. The van der Waals surface area contributed by atoms with Crippen LogP contribution in [0.3, 0.4) is 0 Å². The van der Waals surface area contributed by atoms with Gasteiger partial charge in [-0.3, -0.25) is 4.79 Å². The van der Waals surface area contributed by atoms with Crippen molar-refractivity contribution >= 4 is 5.91 Å². The Hall–Kier alpha value is -2.55. The molecule has 1 saturated heterocycles. The lowest BCUT2D eigenvalue weighted by Crippen LogP contribution is -2.50. The molecule has 4 atom stereocenters. The van der Waals surface area contributed by atoms with Crippen LogP contribution in [0.15, 0.2) is 36.4 Å². The highest BCUT2D eigenvalue weighted by Gasteiger charge is 2.44. The molecule has 0 saturated carbocycles. The number of aryl methyl sites for hydroxylation is 1. The van der Waals surface area contributed by atoms with E-state index in [2.05, 4.69) is 29.7 Å². The van der Waals surface area contributed by atoms with Crippen LogP contribution in [0.4, 0.5) is 8.78 Å². The Bertz CT molecular complexity index is 1010. The van der Waals surface area contributed by atoms with Gasteiger partial charge in [-0.1, -0.05) is 19.1 Å². The van der Waals surface area contributed by atoms with E-state index in [4.69, 9.17) is 9.47 Å². The Kier molecular flexibility index (Phi) is 7.50. The van der Waals surface area contributed by atoms with Crippen molar-refractivity contribution in [3.8, 4) is 5.75 Å². The van der Waals surface area contributed by atoms with Crippen LogP contribution >= 0.6 is 0 Å². The summed E-state index contributed by atoms with van der Waals surface area (Å²) in [5.74, 6) is -0.904. The molecule has 184 valence electrons. The molecule has 0 aromatic heterocycles. The molecule has 8 heteroatoms. The van der Waals surface area contributed by atoms with Gasteiger partial charge < -0.3 is 25.2 Å². The van der Waals surface area contributed by atoms with E-state index >= 15 is 0 Å². The van der Waals surface area contributed by atoms with E-state index in [1.165, 1.54) is 24.6 Å². The predicted octanol–water partition coefficient (Wildman–Crippen LogP) is 3.21. The monoisotopic (exact) mass is 474 g/mol. The quantitative estimate of drug-likeness (QED) is 0.548. The van der Waals surface area contributed by atoms with Gasteiger partial charge in [-0.25, -0.2) is 8.78 Å². The first-order valence-corrected chi connectivity index (χ1v) is 11.8. The van der Waals surface area contributed by atoms with Crippen LogP contribution < -0.4 is 15.4 Å². The number of carbonyl (C=O) groups is 1. The highest BCUT2D eigenvalue weighted by molar-refractivity contribution is 5.73. The van der Waals surface area contributed by atoms with Crippen LogP contribution in [-0.2, 0) is 22.4 Å². The van der Waals surface area contributed by atoms with Gasteiger partial charge in [-0.05, 0) is 42.2 Å². The summed E-state index contributed by atoms with van der Waals surface area (Å²) in [6, 6.07) is 8.62. The average molecular weight is 475 g/mol. The number of benzene rings is 2. The number of nitrogens with one attached hydrogen (secondary N) is 2. The molecule has 2 aliphatic rings. The number of halogens is 2. The second kappa shape index (κ2) is 10.4. The van der Waals surface area contributed by atoms with Crippen molar-refractivity contribution in [2.45, 2.75) is 63.3 Å². The minimum Gasteiger partial charge on any atom is -0.484 e. The lowest BCUT2D eigenvalue weighted by molar-refractivity contribution is -0.120. The summed E-state index contributed by atoms with van der Waals surface area (Å²) in [4.78, 5) is 11.8. The van der Waals surface area contributed by atoms with Crippen molar-refractivity contribution in [3.05, 3.63) is 64.7 Å². The third kappa shape index (κ3) is 5.74. The second-order valence-electron chi connectivity index (χ2n) is 9.33. The molecule has 2 aromatic carbocycles. The van der Waals surface area contributed by atoms with Gasteiger partial charge in [0.15, 0.2) is 0 Å². The Labute approximate surface area is 198 Å². The van der Waals surface area contributed by atoms with Crippen molar-refractivity contribution in [3.63, 3.8) is 0 Å². The van der Waals surface area contributed by atoms with Crippen LogP contribution in [-0.4, -0.2) is 48.5 Å². The number of aliphatic hydroxyl groups is 1. The molecule has 0 unspecified atom stereocenters. The molecule has 0 radical (unpaired) electrons. The summed E-state index contributed by atoms with van der Waals surface area (Å²) in [6.07, 6.45) is 1.50. The number of ether oxygens (including phenoxy) is 2. The van der Waals surface area contributed by atoms with E-state index in [1.54, 1.807) is 0 Å². The van der Waals surface area contributed by atoms with Crippen molar-refractivity contribution in [2.75, 3.05) is 19.8 Å². The number of aliphatic hydroxyl groups excluding tert-OH is 1. The van der Waals surface area contributed by atoms with Crippen LogP contribution in [0.2, 0.25) is 0 Å². The molecule has 1 fully saturated rings. The summed E-state index contributed by atoms with van der Waals surface area (Å²) in [7, 11) is 0. The number of rotatable bonds is 8. The Morgan fingerprint density at radius 1 is 1.21 bits per heavy atom. The van der Waals surface area contributed by atoms with E-state index < -0.39 is 29.4 Å². The largest absolute Gasteiger partial charge is 0.484 e. The normalized spacial score (nSPS) is 23.3. The second-order valence-corrected chi connectivity index (χ2v) is 9.33. The molecule has 2 heterocycles. The maximum Gasteiger partial charge on any atom is 0.217 e. The lowest BCUT2D eigenvalue weighted by atomic mass is 9.85. The number of carbonyl (C=O) groups excluding carboxylic acids is 1. The molecule has 34 heavy (non-hydrogen) atoms. The maximum atomic E-state index is 13.7. The Morgan fingerprint density at radius 2 is 1.97 bits per heavy atom. The molecule has 1 spiro atoms. The fourth-order valence-corrected chi connectivity index (χ4v) is 4.88. The molecule has 3 N–H and O–H groups in total. The summed E-state index contributed by atoms with van der Waals surface area (Å²) in [5.41, 5.74) is 2.19. The molecule has 1 amide bonds. The van der Waals surface area contributed by atoms with Crippen LogP contribution in [0.1, 0.15) is 49.4 Å². The fraction of sp³-hybridized carbons (Fsp3) is 0.500. The fourth-order valence-electron chi connectivity index (χ4n) is 4.88. The molecular weight excluding hydrogens is 442 g/mol. The minimum atomic E-state index is -0.980. The molecule has 0 bridgehead atoms. The zero-order valence-corrected chi connectivity index (χ0v) is 19.6. The van der Waals surface area contributed by atoms with Crippen LogP contribution in [0, 0.1) is 11.6 Å². The van der Waals surface area contributed by atoms with Crippen molar-refractivity contribution in [1.82, 2.24) is 10.6 Å². The van der Waals surface area contributed by atoms with Crippen molar-refractivity contribution in [1.29, 1.82) is 0 Å². The Morgan fingerprint density at radius 3 is 2.62 bits per heavy atom. The number of amides is 1. The van der Waals surface area contributed by atoms with Gasteiger partial charge in [0, 0.05) is 44.0 Å². The van der Waals surface area contributed by atoms with Crippen molar-refractivity contribution in [2.24, 2.45) is 0 Å². The average Bonchev–Trinajstić information content (AvgIpc) is 3.22. The smallest absolute Gasteiger partial charge is 0.217 e. The van der Waals surface area contributed by atoms with Gasteiger partial charge in [0.2, 0.25) is 5.91 Å². The summed E-state index contributed by atoms with van der Waals surface area (Å²) in [6.45, 7) is 4.79. The number of fused-ring (bicyclic) bond motifs is 1. The van der Waals surface area contributed by atoms with Gasteiger partial charge in [-0.15, -0.1) is 0 Å². The van der Waals surface area contributed by atoms with E-state index in [9.17, 15) is 18.7 Å². The summed E-state index contributed by atoms with van der Waals surface area (Å²) in [5, 5.41) is 17.2. The third-order valence-corrected chi connectivity index (χ3v) is 6.63. The maximum absolute atomic E-state index is 13.7. The zero-order chi connectivity index (χ0) is 24.3. The van der Waals surface area contributed by atoms with Crippen LogP contribution in [0.25, 0.3) is 0 Å². The highest BCUT2D eigenvalue weighted by atomic mass is 19.1. The van der Waals surface area contributed by atoms with Gasteiger partial charge in [0.25, 0.3) is 0 Å². The lowest BCUT2D eigenvalue weighted by Gasteiger charge is -2.40. The minimum absolute atomic E-state index is 0.0730. The predicted molar refractivity (Wildman–Crippen MR) is 124 cm³/mol. The molecule has 2 aromatic rings. The molecular formula is C26H32F2N2O4. The van der Waals surface area contributed by atoms with E-state index in [1.807, 2.05) is 6.07 Å². The summed E-state index contributed by atoms with van der Waals surface area (Å²) < 4.78 is 39.3. The molecule has 6 nitrogen and oxygen atoms in total. The van der Waals surface area contributed by atoms with E-state index in [-0.39, 0.29) is 24.9 Å².